The van der Waals surface area contributed by atoms with Crippen LogP contribution in [0.3, 0.4) is 0 Å². The summed E-state index contributed by atoms with van der Waals surface area (Å²) in [4.78, 5) is 27.2. The van der Waals surface area contributed by atoms with E-state index in [1.165, 1.54) is 0 Å². The summed E-state index contributed by atoms with van der Waals surface area (Å²) in [6, 6.07) is 15.0. The Morgan fingerprint density at radius 3 is 2.66 bits per heavy atom. The van der Waals surface area contributed by atoms with Crippen molar-refractivity contribution >= 4 is 17.6 Å². The average molecular weight is 396 g/mol. The summed E-state index contributed by atoms with van der Waals surface area (Å²) in [7, 11) is 1.63. The molecule has 3 rings (SSSR count). The number of hydrogen-bond donors (Lipinski definition) is 2. The molecule has 6 nitrogen and oxygen atoms in total. The molecule has 2 unspecified atom stereocenters. The number of rotatable bonds is 5. The quantitative estimate of drug-likeness (QED) is 0.800. The molecular weight excluding hydrogens is 366 g/mol. The number of nitrogens with zero attached hydrogens (tertiary/aromatic N) is 1. The zero-order valence-electron chi connectivity index (χ0n) is 17.3. The molecule has 6 heteroatoms. The lowest BCUT2D eigenvalue weighted by molar-refractivity contribution is -0.126. The van der Waals surface area contributed by atoms with Gasteiger partial charge in [-0.2, -0.15) is 0 Å². The number of carbonyl (C=O) groups excluding carboxylic acids is 2. The number of nitrogens with one attached hydrogen (secondary N) is 2. The lowest BCUT2D eigenvalue weighted by Crippen LogP contribution is -2.47. The monoisotopic (exact) mass is 395 g/mol. The highest BCUT2D eigenvalue weighted by Crippen LogP contribution is 2.27. The molecule has 1 fully saturated rings. The molecule has 2 atom stereocenters. The zero-order valence-corrected chi connectivity index (χ0v) is 17.3. The van der Waals surface area contributed by atoms with E-state index in [2.05, 4.69) is 10.6 Å². The van der Waals surface area contributed by atoms with Gasteiger partial charge in [0.1, 0.15) is 5.75 Å². The van der Waals surface area contributed by atoms with Gasteiger partial charge in [0.15, 0.2) is 0 Å². The minimum absolute atomic E-state index is 0.0294. The normalized spacial score (nSPS) is 17.3. The summed E-state index contributed by atoms with van der Waals surface area (Å²) in [6.45, 7) is 5.05. The van der Waals surface area contributed by atoms with Crippen LogP contribution in [0.15, 0.2) is 48.5 Å². The van der Waals surface area contributed by atoms with Crippen LogP contribution in [-0.2, 0) is 4.79 Å². The van der Waals surface area contributed by atoms with Crippen molar-refractivity contribution in [3.63, 3.8) is 0 Å². The lowest BCUT2D eigenvalue weighted by atomic mass is 9.96. The summed E-state index contributed by atoms with van der Waals surface area (Å²) in [5.41, 5.74) is 2.82. The van der Waals surface area contributed by atoms with E-state index >= 15 is 0 Å². The standard InChI is InChI=1S/C23H29N3O3/c1-16-11-12-21(29-3)20(14-16)17(2)24-22(27)18-8-7-13-26(15-18)23(28)25-19-9-5-4-6-10-19/h4-6,9-12,14,17-18H,7-8,13,15H2,1-3H3,(H,24,27)(H,25,28). The average Bonchev–Trinajstić information content (AvgIpc) is 2.74. The van der Waals surface area contributed by atoms with E-state index in [0.717, 1.165) is 35.4 Å². The highest BCUT2D eigenvalue weighted by Gasteiger charge is 2.29. The molecular formula is C23H29N3O3. The van der Waals surface area contributed by atoms with Crippen LogP contribution in [-0.4, -0.2) is 37.0 Å². The smallest absolute Gasteiger partial charge is 0.321 e. The zero-order chi connectivity index (χ0) is 20.8. The number of benzene rings is 2. The third-order valence-corrected chi connectivity index (χ3v) is 5.31. The van der Waals surface area contributed by atoms with Crippen LogP contribution in [0.4, 0.5) is 10.5 Å². The Morgan fingerprint density at radius 2 is 1.93 bits per heavy atom. The molecule has 3 amide bonds. The van der Waals surface area contributed by atoms with Crippen molar-refractivity contribution in [1.29, 1.82) is 0 Å². The largest absolute Gasteiger partial charge is 0.496 e. The van der Waals surface area contributed by atoms with Gasteiger partial charge in [-0.05, 0) is 44.9 Å². The molecule has 0 aromatic heterocycles. The Kier molecular flexibility index (Phi) is 6.75. The maximum absolute atomic E-state index is 12.9. The van der Waals surface area contributed by atoms with Crippen LogP contribution in [0.5, 0.6) is 5.75 Å². The van der Waals surface area contributed by atoms with Crippen molar-refractivity contribution in [2.45, 2.75) is 32.7 Å². The van der Waals surface area contributed by atoms with Gasteiger partial charge < -0.3 is 20.3 Å². The fourth-order valence-electron chi connectivity index (χ4n) is 3.70. The van der Waals surface area contributed by atoms with Crippen molar-refractivity contribution in [2.75, 3.05) is 25.5 Å². The van der Waals surface area contributed by atoms with Gasteiger partial charge in [-0.25, -0.2) is 4.79 Å². The van der Waals surface area contributed by atoms with Crippen LogP contribution in [0, 0.1) is 12.8 Å². The molecule has 0 spiro atoms. The number of methoxy groups -OCH3 is 1. The van der Waals surface area contributed by atoms with E-state index in [0.29, 0.717) is 13.1 Å². The predicted molar refractivity (Wildman–Crippen MR) is 114 cm³/mol. The SMILES string of the molecule is COc1ccc(C)cc1C(C)NC(=O)C1CCCN(C(=O)Nc2ccccc2)C1. The number of hydrogen-bond acceptors (Lipinski definition) is 3. The maximum Gasteiger partial charge on any atom is 0.321 e. The van der Waals surface area contributed by atoms with Gasteiger partial charge in [0.05, 0.1) is 19.1 Å². The Hall–Kier alpha value is -3.02. The molecule has 1 heterocycles. The molecule has 2 N–H and O–H groups in total. The summed E-state index contributed by atoms with van der Waals surface area (Å²) >= 11 is 0. The summed E-state index contributed by atoms with van der Waals surface area (Å²) < 4.78 is 5.44. The summed E-state index contributed by atoms with van der Waals surface area (Å²) in [6.07, 6.45) is 1.58. The van der Waals surface area contributed by atoms with E-state index in [4.69, 9.17) is 4.74 Å². The van der Waals surface area contributed by atoms with Crippen molar-refractivity contribution in [1.82, 2.24) is 10.2 Å². The number of urea groups is 1. The van der Waals surface area contributed by atoms with Crippen molar-refractivity contribution in [3.05, 3.63) is 59.7 Å². The fraction of sp³-hybridized carbons (Fsp3) is 0.391. The highest BCUT2D eigenvalue weighted by atomic mass is 16.5. The molecule has 1 aliphatic rings. The van der Waals surface area contributed by atoms with Gasteiger partial charge in [-0.15, -0.1) is 0 Å². The topological polar surface area (TPSA) is 70.7 Å². The first-order valence-electron chi connectivity index (χ1n) is 10.0. The molecule has 0 bridgehead atoms. The maximum atomic E-state index is 12.9. The Balaban J connectivity index is 1.61. The Labute approximate surface area is 172 Å². The molecule has 2 aromatic carbocycles. The number of piperidine rings is 1. The minimum Gasteiger partial charge on any atom is -0.496 e. The second-order valence-corrected chi connectivity index (χ2v) is 7.56. The van der Waals surface area contributed by atoms with Crippen LogP contribution in [0.25, 0.3) is 0 Å². The molecule has 1 saturated heterocycles. The number of ether oxygens (including phenoxy) is 1. The lowest BCUT2D eigenvalue weighted by Gasteiger charge is -2.32. The van der Waals surface area contributed by atoms with Gasteiger partial charge in [-0.1, -0.05) is 35.9 Å². The van der Waals surface area contributed by atoms with E-state index in [-0.39, 0.29) is 23.9 Å². The molecule has 0 saturated carbocycles. The minimum atomic E-state index is -0.219. The predicted octanol–water partition coefficient (Wildman–Crippen LogP) is 4.12. The van der Waals surface area contributed by atoms with Gasteiger partial charge in [0, 0.05) is 24.3 Å². The van der Waals surface area contributed by atoms with Crippen molar-refractivity contribution < 1.29 is 14.3 Å². The summed E-state index contributed by atoms with van der Waals surface area (Å²) in [5, 5.41) is 6.00. The van der Waals surface area contributed by atoms with E-state index in [1.54, 1.807) is 12.0 Å². The third-order valence-electron chi connectivity index (χ3n) is 5.31. The van der Waals surface area contributed by atoms with Crippen LogP contribution < -0.4 is 15.4 Å². The van der Waals surface area contributed by atoms with E-state index in [1.807, 2.05) is 62.4 Å². The molecule has 1 aliphatic heterocycles. The molecule has 154 valence electrons. The molecule has 0 aliphatic carbocycles. The molecule has 2 aromatic rings. The first-order valence-corrected chi connectivity index (χ1v) is 10.0. The van der Waals surface area contributed by atoms with Crippen LogP contribution in [0.1, 0.15) is 36.9 Å². The van der Waals surface area contributed by atoms with Crippen LogP contribution >= 0.6 is 0 Å². The number of anilines is 1. The number of aryl methyl sites for hydroxylation is 1. The summed E-state index contributed by atoms with van der Waals surface area (Å²) in [5.74, 6) is 0.512. The molecule has 0 radical (unpaired) electrons. The fourth-order valence-corrected chi connectivity index (χ4v) is 3.70. The van der Waals surface area contributed by atoms with E-state index < -0.39 is 0 Å². The highest BCUT2D eigenvalue weighted by molar-refractivity contribution is 5.90. The number of amides is 3. The van der Waals surface area contributed by atoms with Crippen molar-refractivity contribution in [3.8, 4) is 5.75 Å². The number of carbonyl (C=O) groups is 2. The second-order valence-electron chi connectivity index (χ2n) is 7.56. The second kappa shape index (κ2) is 9.45. The van der Waals surface area contributed by atoms with E-state index in [9.17, 15) is 9.59 Å². The van der Waals surface area contributed by atoms with Crippen LogP contribution in [0.2, 0.25) is 0 Å². The number of likely N-dealkylation sites (tertiary alicyclic amines) is 1. The Bertz CT molecular complexity index is 854. The van der Waals surface area contributed by atoms with Gasteiger partial charge in [-0.3, -0.25) is 4.79 Å². The third kappa shape index (κ3) is 5.28. The van der Waals surface area contributed by atoms with Gasteiger partial charge in [0.2, 0.25) is 5.91 Å². The first-order chi connectivity index (χ1) is 14.0. The molecule has 29 heavy (non-hydrogen) atoms. The first kappa shape index (κ1) is 20.7. The number of para-hydroxylation sites is 1. The van der Waals surface area contributed by atoms with Crippen molar-refractivity contribution in [2.24, 2.45) is 5.92 Å². The van der Waals surface area contributed by atoms with Gasteiger partial charge in [0.25, 0.3) is 0 Å². The Morgan fingerprint density at radius 1 is 1.17 bits per heavy atom. The van der Waals surface area contributed by atoms with Gasteiger partial charge >= 0.3 is 6.03 Å².